The maximum absolute atomic E-state index is 11.2. The fourth-order valence-electron chi connectivity index (χ4n) is 3.45. The summed E-state index contributed by atoms with van der Waals surface area (Å²) in [5, 5.41) is 0. The number of hydrogen-bond donors (Lipinski definition) is 0. The molecule has 0 N–H and O–H groups in total. The predicted molar refractivity (Wildman–Crippen MR) is 106 cm³/mol. The molecule has 1 aliphatic carbocycles. The fraction of sp³-hybridized carbons (Fsp3) is 0.435. The van der Waals surface area contributed by atoms with Crippen LogP contribution in [0.15, 0.2) is 36.5 Å². The summed E-state index contributed by atoms with van der Waals surface area (Å²) in [6, 6.07) is 10.4. The van der Waals surface area contributed by atoms with Crippen LogP contribution in [0.2, 0.25) is 0 Å². The summed E-state index contributed by atoms with van der Waals surface area (Å²) < 4.78 is 5.83. The third-order valence-electron chi connectivity index (χ3n) is 4.72. The van der Waals surface area contributed by atoms with Crippen LogP contribution >= 0.6 is 0 Å². The molecule has 1 aliphatic rings. The van der Waals surface area contributed by atoms with Crippen molar-refractivity contribution in [1.82, 2.24) is 9.97 Å². The smallest absolute Gasteiger partial charge is 0.317 e. The highest BCUT2D eigenvalue weighted by Crippen LogP contribution is 2.21. The van der Waals surface area contributed by atoms with Crippen molar-refractivity contribution >= 4 is 5.78 Å². The number of ether oxygens (including phenoxy) is 1. The Morgan fingerprint density at radius 3 is 2.63 bits per heavy atom. The number of hydrogen-bond acceptors (Lipinski definition) is 4. The molecule has 1 unspecified atom stereocenters. The van der Waals surface area contributed by atoms with Gasteiger partial charge in [-0.15, -0.1) is 0 Å². The lowest BCUT2D eigenvalue weighted by molar-refractivity contribution is -0.117. The van der Waals surface area contributed by atoms with Crippen LogP contribution in [0.3, 0.4) is 0 Å². The monoisotopic (exact) mass is 362 g/mol. The van der Waals surface area contributed by atoms with Crippen LogP contribution in [0.1, 0.15) is 62.8 Å². The lowest BCUT2D eigenvalue weighted by Crippen LogP contribution is -2.13. The molecule has 1 saturated carbocycles. The zero-order valence-electron chi connectivity index (χ0n) is 16.1. The van der Waals surface area contributed by atoms with Crippen molar-refractivity contribution in [2.75, 3.05) is 0 Å². The lowest BCUT2D eigenvalue weighted by atomic mass is 9.96. The van der Waals surface area contributed by atoms with Crippen molar-refractivity contribution in [1.29, 1.82) is 0 Å². The standard InChI is InChI=1S/C23H26N2O2/c1-17(15-18(2)26)16-20-9-7-19(8-10-20)11-12-21-13-14-24-23(25-21)27-22-5-3-4-6-22/h7-10,13-14,17,22H,3-6,15-16H2,1-2H3. The predicted octanol–water partition coefficient (Wildman–Crippen LogP) is 4.36. The van der Waals surface area contributed by atoms with Gasteiger partial charge >= 0.3 is 6.01 Å². The van der Waals surface area contributed by atoms with Gasteiger partial charge in [0.05, 0.1) is 0 Å². The van der Waals surface area contributed by atoms with Crippen molar-refractivity contribution in [3.05, 3.63) is 53.3 Å². The van der Waals surface area contributed by atoms with Crippen LogP contribution in [-0.4, -0.2) is 21.9 Å². The van der Waals surface area contributed by atoms with Gasteiger partial charge in [0.2, 0.25) is 0 Å². The Morgan fingerprint density at radius 2 is 1.93 bits per heavy atom. The van der Waals surface area contributed by atoms with E-state index in [4.69, 9.17) is 4.74 Å². The minimum Gasteiger partial charge on any atom is -0.460 e. The number of rotatable bonds is 6. The van der Waals surface area contributed by atoms with Gasteiger partial charge in [-0.05, 0) is 74.6 Å². The Bertz CT molecular complexity index is 827. The van der Waals surface area contributed by atoms with Crippen LogP contribution < -0.4 is 4.74 Å². The molecule has 140 valence electrons. The highest BCUT2D eigenvalue weighted by atomic mass is 16.5. The van der Waals surface area contributed by atoms with Crippen LogP contribution in [0.4, 0.5) is 0 Å². The molecule has 3 rings (SSSR count). The SMILES string of the molecule is CC(=O)CC(C)Cc1ccc(C#Cc2ccnc(OC3CCCC3)n2)cc1. The summed E-state index contributed by atoms with van der Waals surface area (Å²) in [4.78, 5) is 19.8. The molecule has 1 heterocycles. The van der Waals surface area contributed by atoms with Gasteiger partial charge in [-0.1, -0.05) is 25.0 Å². The Hall–Kier alpha value is -2.67. The summed E-state index contributed by atoms with van der Waals surface area (Å²) in [5.41, 5.74) is 2.83. The lowest BCUT2D eigenvalue weighted by Gasteiger charge is -2.10. The number of aromatic nitrogens is 2. The minimum atomic E-state index is 0.242. The minimum absolute atomic E-state index is 0.242. The highest BCUT2D eigenvalue weighted by molar-refractivity contribution is 5.75. The average molecular weight is 362 g/mol. The average Bonchev–Trinajstić information content (AvgIpc) is 3.14. The third kappa shape index (κ3) is 6.21. The van der Waals surface area contributed by atoms with E-state index in [0.717, 1.165) is 24.8 Å². The van der Waals surface area contributed by atoms with Crippen molar-refractivity contribution in [2.45, 2.75) is 58.5 Å². The Labute approximate surface area is 161 Å². The molecule has 0 saturated heterocycles. The molecule has 0 aliphatic heterocycles. The first kappa shape index (κ1) is 19.1. The van der Waals surface area contributed by atoms with Crippen LogP contribution in [-0.2, 0) is 11.2 Å². The van der Waals surface area contributed by atoms with Crippen LogP contribution in [0.5, 0.6) is 6.01 Å². The summed E-state index contributed by atoms with van der Waals surface area (Å²) in [5.74, 6) is 6.83. The molecule has 0 bridgehead atoms. The maximum atomic E-state index is 11.2. The molecule has 27 heavy (non-hydrogen) atoms. The second-order valence-electron chi connectivity index (χ2n) is 7.41. The van der Waals surface area contributed by atoms with Gasteiger partial charge in [0.1, 0.15) is 17.6 Å². The van der Waals surface area contributed by atoms with Crippen LogP contribution in [0, 0.1) is 17.8 Å². The largest absolute Gasteiger partial charge is 0.460 e. The summed E-state index contributed by atoms with van der Waals surface area (Å²) in [6.07, 6.45) is 8.06. The molecule has 0 spiro atoms. The third-order valence-corrected chi connectivity index (χ3v) is 4.72. The highest BCUT2D eigenvalue weighted by Gasteiger charge is 2.17. The van der Waals surface area contributed by atoms with E-state index in [1.54, 1.807) is 19.2 Å². The van der Waals surface area contributed by atoms with Crippen LogP contribution in [0.25, 0.3) is 0 Å². The van der Waals surface area contributed by atoms with Crippen molar-refractivity contribution in [3.63, 3.8) is 0 Å². The summed E-state index contributed by atoms with van der Waals surface area (Å²) in [6.45, 7) is 3.75. The number of Topliss-reactive ketones (excluding diaryl/α,β-unsaturated/α-hetero) is 1. The molecule has 4 nitrogen and oxygen atoms in total. The Balaban J connectivity index is 1.60. The number of carbonyl (C=O) groups excluding carboxylic acids is 1. The molecule has 4 heteroatoms. The first-order chi connectivity index (χ1) is 13.1. The van der Waals surface area contributed by atoms with Gasteiger partial charge in [-0.25, -0.2) is 4.98 Å². The van der Waals surface area contributed by atoms with Gasteiger partial charge < -0.3 is 9.53 Å². The van der Waals surface area contributed by atoms with Gasteiger partial charge in [-0.2, -0.15) is 4.98 Å². The first-order valence-corrected chi connectivity index (χ1v) is 9.68. The van der Waals surface area contributed by atoms with E-state index in [0.29, 0.717) is 24.0 Å². The molecular weight excluding hydrogens is 336 g/mol. The molecule has 0 amide bonds. The first-order valence-electron chi connectivity index (χ1n) is 9.68. The number of ketones is 1. The Kier molecular flexibility index (Phi) is 6.59. The van der Waals surface area contributed by atoms with Crippen molar-refractivity contribution in [2.24, 2.45) is 5.92 Å². The molecule has 2 aromatic rings. The summed E-state index contributed by atoms with van der Waals surface area (Å²) in [7, 11) is 0. The molecule has 1 aromatic heterocycles. The molecular formula is C23H26N2O2. The van der Waals surface area contributed by atoms with Crippen molar-refractivity contribution < 1.29 is 9.53 Å². The molecule has 1 fully saturated rings. The van der Waals surface area contributed by atoms with E-state index in [9.17, 15) is 4.79 Å². The maximum Gasteiger partial charge on any atom is 0.317 e. The normalized spacial score (nSPS) is 15.0. The second-order valence-corrected chi connectivity index (χ2v) is 7.41. The van der Waals surface area contributed by atoms with E-state index in [1.807, 2.05) is 12.1 Å². The molecule has 1 atom stereocenters. The number of benzene rings is 1. The van der Waals surface area contributed by atoms with Crippen molar-refractivity contribution in [3.8, 4) is 17.9 Å². The zero-order chi connectivity index (χ0) is 19.1. The quantitative estimate of drug-likeness (QED) is 0.717. The van der Waals surface area contributed by atoms with Gasteiger partial charge in [0, 0.05) is 18.2 Å². The van der Waals surface area contributed by atoms with E-state index in [1.165, 1.54) is 18.4 Å². The molecule has 0 radical (unpaired) electrons. The Morgan fingerprint density at radius 1 is 1.19 bits per heavy atom. The number of carbonyl (C=O) groups is 1. The van der Waals surface area contributed by atoms with Gasteiger partial charge in [0.25, 0.3) is 0 Å². The number of nitrogens with zero attached hydrogens (tertiary/aromatic N) is 2. The second kappa shape index (κ2) is 9.32. The topological polar surface area (TPSA) is 52.1 Å². The summed E-state index contributed by atoms with van der Waals surface area (Å²) >= 11 is 0. The van der Waals surface area contributed by atoms with E-state index in [2.05, 4.69) is 40.9 Å². The van der Waals surface area contributed by atoms with E-state index in [-0.39, 0.29) is 11.9 Å². The fourth-order valence-corrected chi connectivity index (χ4v) is 3.45. The molecule has 1 aromatic carbocycles. The van der Waals surface area contributed by atoms with E-state index < -0.39 is 0 Å². The zero-order valence-corrected chi connectivity index (χ0v) is 16.1. The van der Waals surface area contributed by atoms with Gasteiger partial charge in [-0.3, -0.25) is 0 Å². The van der Waals surface area contributed by atoms with E-state index >= 15 is 0 Å². The van der Waals surface area contributed by atoms with Gasteiger partial charge in [0.15, 0.2) is 0 Å².